The number of hydrogen-bond acceptors (Lipinski definition) is 3. The summed E-state index contributed by atoms with van der Waals surface area (Å²) in [7, 11) is 0. The lowest BCUT2D eigenvalue weighted by atomic mass is 10.1. The predicted octanol–water partition coefficient (Wildman–Crippen LogP) is -0.177. The van der Waals surface area contributed by atoms with Crippen molar-refractivity contribution in [3.05, 3.63) is 30.1 Å². The fourth-order valence-electron chi connectivity index (χ4n) is 1.05. The molecule has 1 atom stereocenters. The number of hydrogen-bond donors (Lipinski definition) is 2. The van der Waals surface area contributed by atoms with Gasteiger partial charge in [0.1, 0.15) is 6.04 Å². The normalized spacial score (nSPS) is 11.7. The fourth-order valence-corrected chi connectivity index (χ4v) is 1.05. The molecular formula is C9H10N2O3. The van der Waals surface area contributed by atoms with E-state index in [-0.39, 0.29) is 6.42 Å². The van der Waals surface area contributed by atoms with Gasteiger partial charge in [-0.25, -0.2) is 4.79 Å². The van der Waals surface area contributed by atoms with Crippen LogP contribution in [0.3, 0.4) is 0 Å². The number of aromatic nitrogens is 1. The van der Waals surface area contributed by atoms with Crippen LogP contribution in [0.15, 0.2) is 24.5 Å². The minimum atomic E-state index is -1.05. The van der Waals surface area contributed by atoms with Crippen LogP contribution in [0.1, 0.15) is 5.56 Å². The maximum absolute atomic E-state index is 10.7. The second-order valence-electron chi connectivity index (χ2n) is 2.73. The number of nitrogens with one attached hydrogen (secondary N) is 1. The molecule has 1 rings (SSSR count). The molecule has 0 aliphatic rings. The highest BCUT2D eigenvalue weighted by atomic mass is 16.4. The lowest BCUT2D eigenvalue weighted by Crippen LogP contribution is -2.37. The molecular weight excluding hydrogens is 184 g/mol. The molecule has 1 amide bonds. The summed E-state index contributed by atoms with van der Waals surface area (Å²) in [5.41, 5.74) is 0.821. The molecule has 0 bridgehead atoms. The number of carboxylic acids is 1. The number of carbonyl (C=O) groups is 2. The molecule has 0 saturated carbocycles. The summed E-state index contributed by atoms with van der Waals surface area (Å²) >= 11 is 0. The molecule has 5 heteroatoms. The Labute approximate surface area is 80.8 Å². The smallest absolute Gasteiger partial charge is 0.326 e. The van der Waals surface area contributed by atoms with Gasteiger partial charge < -0.3 is 10.4 Å². The molecule has 0 saturated heterocycles. The van der Waals surface area contributed by atoms with Crippen molar-refractivity contribution < 1.29 is 14.7 Å². The number of aliphatic carboxylic acids is 1. The highest BCUT2D eigenvalue weighted by Crippen LogP contribution is 2.01. The summed E-state index contributed by atoms with van der Waals surface area (Å²) in [4.78, 5) is 24.6. The Morgan fingerprint density at radius 2 is 2.21 bits per heavy atom. The molecule has 0 aromatic carbocycles. The fraction of sp³-hybridized carbons (Fsp3) is 0.222. The van der Waals surface area contributed by atoms with E-state index in [1.54, 1.807) is 24.5 Å². The van der Waals surface area contributed by atoms with Gasteiger partial charge in [-0.1, -0.05) is 0 Å². The maximum Gasteiger partial charge on any atom is 0.326 e. The number of carbonyl (C=O) groups excluding carboxylic acids is 1. The van der Waals surface area contributed by atoms with Crippen molar-refractivity contribution in [3.63, 3.8) is 0 Å². The first-order valence-corrected chi connectivity index (χ1v) is 4.05. The van der Waals surface area contributed by atoms with E-state index in [9.17, 15) is 9.59 Å². The lowest BCUT2D eigenvalue weighted by Gasteiger charge is -2.10. The molecule has 74 valence electrons. The molecule has 0 aliphatic heterocycles. The van der Waals surface area contributed by atoms with E-state index >= 15 is 0 Å². The SMILES string of the molecule is O=CNC(Cc1ccncc1)C(=O)O. The highest BCUT2D eigenvalue weighted by Gasteiger charge is 2.16. The Morgan fingerprint density at radius 1 is 1.57 bits per heavy atom. The molecule has 0 spiro atoms. The summed E-state index contributed by atoms with van der Waals surface area (Å²) < 4.78 is 0. The zero-order chi connectivity index (χ0) is 10.4. The van der Waals surface area contributed by atoms with Crippen LogP contribution >= 0.6 is 0 Å². The third-order valence-corrected chi connectivity index (χ3v) is 1.76. The van der Waals surface area contributed by atoms with E-state index in [1.807, 2.05) is 0 Å². The minimum absolute atomic E-state index is 0.261. The monoisotopic (exact) mass is 194 g/mol. The van der Waals surface area contributed by atoms with Crippen molar-refractivity contribution in [3.8, 4) is 0 Å². The number of carboxylic acid groups (broad SMARTS) is 1. The Balaban J connectivity index is 2.64. The van der Waals surface area contributed by atoms with Crippen molar-refractivity contribution in [2.24, 2.45) is 0 Å². The molecule has 14 heavy (non-hydrogen) atoms. The van der Waals surface area contributed by atoms with Gasteiger partial charge >= 0.3 is 5.97 Å². The predicted molar refractivity (Wildman–Crippen MR) is 48.6 cm³/mol. The van der Waals surface area contributed by atoms with E-state index in [2.05, 4.69) is 10.3 Å². The average Bonchev–Trinajstić information content (AvgIpc) is 2.18. The van der Waals surface area contributed by atoms with E-state index in [0.29, 0.717) is 6.41 Å². The minimum Gasteiger partial charge on any atom is -0.480 e. The van der Waals surface area contributed by atoms with E-state index in [0.717, 1.165) is 5.56 Å². The summed E-state index contributed by atoms with van der Waals surface area (Å²) in [6.45, 7) is 0. The van der Waals surface area contributed by atoms with Gasteiger partial charge in [0.05, 0.1) is 0 Å². The zero-order valence-corrected chi connectivity index (χ0v) is 7.38. The Bertz CT molecular complexity index is 313. The van der Waals surface area contributed by atoms with Gasteiger partial charge in [0, 0.05) is 18.8 Å². The van der Waals surface area contributed by atoms with Crippen LogP contribution in [-0.2, 0) is 16.0 Å². The molecule has 1 aromatic rings. The van der Waals surface area contributed by atoms with Gasteiger partial charge in [-0.05, 0) is 17.7 Å². The topological polar surface area (TPSA) is 79.3 Å². The van der Waals surface area contributed by atoms with E-state index in [1.165, 1.54) is 0 Å². The summed E-state index contributed by atoms with van der Waals surface area (Å²) in [5.74, 6) is -1.05. The first-order valence-electron chi connectivity index (χ1n) is 4.05. The number of amides is 1. The quantitative estimate of drug-likeness (QED) is 0.637. The molecule has 1 aromatic heterocycles. The van der Waals surface area contributed by atoms with Gasteiger partial charge in [-0.3, -0.25) is 9.78 Å². The summed E-state index contributed by atoms with van der Waals surface area (Å²) in [6, 6.07) is 2.54. The van der Waals surface area contributed by atoms with Gasteiger partial charge in [0.2, 0.25) is 6.41 Å². The lowest BCUT2D eigenvalue weighted by molar-refractivity contribution is -0.140. The maximum atomic E-state index is 10.7. The van der Waals surface area contributed by atoms with Crippen LogP contribution in [0.25, 0.3) is 0 Å². The second-order valence-corrected chi connectivity index (χ2v) is 2.73. The first-order chi connectivity index (χ1) is 6.74. The van der Waals surface area contributed by atoms with Crippen LogP contribution in [0.2, 0.25) is 0 Å². The van der Waals surface area contributed by atoms with Crippen molar-refractivity contribution in [2.45, 2.75) is 12.5 Å². The average molecular weight is 194 g/mol. The summed E-state index contributed by atoms with van der Waals surface area (Å²) in [5, 5.41) is 11.0. The zero-order valence-electron chi connectivity index (χ0n) is 7.38. The summed E-state index contributed by atoms with van der Waals surface area (Å²) in [6.07, 6.45) is 3.81. The standard InChI is InChI=1S/C9H10N2O3/c12-6-11-8(9(13)14)5-7-1-3-10-4-2-7/h1-4,6,8H,5H2,(H,11,12)(H,13,14). The van der Waals surface area contributed by atoms with Crippen LogP contribution in [-0.4, -0.2) is 28.5 Å². The van der Waals surface area contributed by atoms with Crippen LogP contribution < -0.4 is 5.32 Å². The van der Waals surface area contributed by atoms with Crippen molar-refractivity contribution >= 4 is 12.4 Å². The third kappa shape index (κ3) is 2.85. The molecule has 1 heterocycles. The van der Waals surface area contributed by atoms with Crippen molar-refractivity contribution in [2.75, 3.05) is 0 Å². The molecule has 5 nitrogen and oxygen atoms in total. The molecule has 0 fully saturated rings. The Hall–Kier alpha value is -1.91. The van der Waals surface area contributed by atoms with Crippen LogP contribution in [0.5, 0.6) is 0 Å². The molecule has 2 N–H and O–H groups in total. The van der Waals surface area contributed by atoms with Gasteiger partial charge in [-0.15, -0.1) is 0 Å². The van der Waals surface area contributed by atoms with Gasteiger partial charge in [-0.2, -0.15) is 0 Å². The van der Waals surface area contributed by atoms with Gasteiger partial charge in [0.15, 0.2) is 0 Å². The van der Waals surface area contributed by atoms with Crippen LogP contribution in [0.4, 0.5) is 0 Å². The molecule has 0 aliphatic carbocycles. The van der Waals surface area contributed by atoms with Crippen molar-refractivity contribution in [1.82, 2.24) is 10.3 Å². The Kier molecular flexibility index (Phi) is 3.60. The second kappa shape index (κ2) is 4.96. The molecule has 0 radical (unpaired) electrons. The highest BCUT2D eigenvalue weighted by molar-refractivity contribution is 5.76. The molecule has 1 unspecified atom stereocenters. The Morgan fingerprint density at radius 3 is 2.71 bits per heavy atom. The van der Waals surface area contributed by atoms with Gasteiger partial charge in [0.25, 0.3) is 0 Å². The first kappa shape index (κ1) is 10.2. The van der Waals surface area contributed by atoms with E-state index < -0.39 is 12.0 Å². The van der Waals surface area contributed by atoms with Crippen molar-refractivity contribution in [1.29, 1.82) is 0 Å². The number of nitrogens with zero attached hydrogens (tertiary/aromatic N) is 1. The third-order valence-electron chi connectivity index (χ3n) is 1.76. The number of rotatable bonds is 5. The number of pyridine rings is 1. The van der Waals surface area contributed by atoms with E-state index in [4.69, 9.17) is 5.11 Å². The largest absolute Gasteiger partial charge is 0.480 e. The van der Waals surface area contributed by atoms with Crippen LogP contribution in [0, 0.1) is 0 Å².